The molecular formula is C25H52INOS. The first-order chi connectivity index (χ1) is 13.9. The topological polar surface area (TPSA) is 12.5 Å². The molecule has 1 unspecified atom stereocenters. The van der Waals surface area contributed by atoms with E-state index in [1.165, 1.54) is 140 Å². The van der Waals surface area contributed by atoms with Gasteiger partial charge in [-0.05, 0) is 44.5 Å². The SMILES string of the molecule is CCCCCCCCCCCCCCCCSCC(CCN1CCCC1)OC.I. The third kappa shape index (κ3) is 19.4. The number of halogens is 1. The van der Waals surface area contributed by atoms with Gasteiger partial charge in [-0.15, -0.1) is 24.0 Å². The van der Waals surface area contributed by atoms with Crippen molar-refractivity contribution in [2.45, 2.75) is 122 Å². The lowest BCUT2D eigenvalue weighted by Gasteiger charge is -2.19. The summed E-state index contributed by atoms with van der Waals surface area (Å²) in [5.41, 5.74) is 0. The predicted molar refractivity (Wildman–Crippen MR) is 144 cm³/mol. The summed E-state index contributed by atoms with van der Waals surface area (Å²) in [6.07, 6.45) is 24.7. The molecule has 29 heavy (non-hydrogen) atoms. The summed E-state index contributed by atoms with van der Waals surface area (Å²) in [5, 5.41) is 0. The Labute approximate surface area is 205 Å². The Morgan fingerprint density at radius 3 is 1.72 bits per heavy atom. The maximum absolute atomic E-state index is 5.69. The Bertz CT molecular complexity index is 313. The highest BCUT2D eigenvalue weighted by molar-refractivity contribution is 14.0. The van der Waals surface area contributed by atoms with Crippen LogP contribution in [-0.4, -0.2) is 49.3 Å². The molecule has 0 radical (unpaired) electrons. The van der Waals surface area contributed by atoms with Gasteiger partial charge in [-0.25, -0.2) is 0 Å². The van der Waals surface area contributed by atoms with E-state index >= 15 is 0 Å². The monoisotopic (exact) mass is 541 g/mol. The Morgan fingerprint density at radius 2 is 1.24 bits per heavy atom. The van der Waals surface area contributed by atoms with Gasteiger partial charge in [-0.2, -0.15) is 11.8 Å². The summed E-state index contributed by atoms with van der Waals surface area (Å²) >= 11 is 2.11. The first kappa shape index (κ1) is 30.0. The van der Waals surface area contributed by atoms with Crippen molar-refractivity contribution in [3.05, 3.63) is 0 Å². The van der Waals surface area contributed by atoms with Crippen molar-refractivity contribution in [1.29, 1.82) is 0 Å². The van der Waals surface area contributed by atoms with E-state index in [2.05, 4.69) is 23.6 Å². The first-order valence-electron chi connectivity index (χ1n) is 12.7. The van der Waals surface area contributed by atoms with Crippen LogP contribution >= 0.6 is 35.7 Å². The second-order valence-electron chi connectivity index (χ2n) is 8.87. The lowest BCUT2D eigenvalue weighted by atomic mass is 10.0. The summed E-state index contributed by atoms with van der Waals surface area (Å²) in [6.45, 7) is 6.15. The molecule has 1 rings (SSSR count). The molecule has 1 saturated heterocycles. The molecule has 0 saturated carbocycles. The van der Waals surface area contributed by atoms with E-state index in [4.69, 9.17) is 4.74 Å². The quantitative estimate of drug-likeness (QED) is 0.107. The van der Waals surface area contributed by atoms with Crippen LogP contribution in [0.4, 0.5) is 0 Å². The van der Waals surface area contributed by atoms with Gasteiger partial charge in [-0.3, -0.25) is 0 Å². The van der Waals surface area contributed by atoms with Crippen LogP contribution in [0.15, 0.2) is 0 Å². The van der Waals surface area contributed by atoms with Gasteiger partial charge in [0.1, 0.15) is 0 Å². The maximum atomic E-state index is 5.69. The van der Waals surface area contributed by atoms with Crippen LogP contribution in [0.5, 0.6) is 0 Å². The third-order valence-corrected chi connectivity index (χ3v) is 7.43. The van der Waals surface area contributed by atoms with Crippen molar-refractivity contribution in [1.82, 2.24) is 4.90 Å². The number of thioether (sulfide) groups is 1. The van der Waals surface area contributed by atoms with E-state index in [1.807, 2.05) is 7.11 Å². The molecule has 4 heteroatoms. The van der Waals surface area contributed by atoms with Crippen LogP contribution in [-0.2, 0) is 4.74 Å². The first-order valence-corrected chi connectivity index (χ1v) is 13.8. The van der Waals surface area contributed by atoms with Crippen molar-refractivity contribution >= 4 is 35.7 Å². The largest absolute Gasteiger partial charge is 0.381 e. The van der Waals surface area contributed by atoms with E-state index in [1.54, 1.807) is 0 Å². The number of methoxy groups -OCH3 is 1. The van der Waals surface area contributed by atoms with E-state index in [9.17, 15) is 0 Å². The van der Waals surface area contributed by atoms with E-state index in [-0.39, 0.29) is 24.0 Å². The molecule has 2 nitrogen and oxygen atoms in total. The number of hydrogen-bond donors (Lipinski definition) is 0. The van der Waals surface area contributed by atoms with E-state index in [0.717, 1.165) is 0 Å². The fourth-order valence-corrected chi connectivity index (χ4v) is 5.36. The van der Waals surface area contributed by atoms with E-state index in [0.29, 0.717) is 6.10 Å². The molecule has 0 aromatic carbocycles. The molecule has 1 atom stereocenters. The van der Waals surface area contributed by atoms with Crippen LogP contribution in [0.2, 0.25) is 0 Å². The van der Waals surface area contributed by atoms with Crippen molar-refractivity contribution < 1.29 is 4.74 Å². The zero-order valence-corrected chi connectivity index (χ0v) is 23.0. The molecule has 0 spiro atoms. The van der Waals surface area contributed by atoms with Gasteiger partial charge < -0.3 is 9.64 Å². The Morgan fingerprint density at radius 1 is 0.759 bits per heavy atom. The van der Waals surface area contributed by atoms with Gasteiger partial charge in [0.15, 0.2) is 0 Å². The Hall–Kier alpha value is 1.00. The normalized spacial score (nSPS) is 15.5. The summed E-state index contributed by atoms with van der Waals surface area (Å²) in [6, 6.07) is 0. The zero-order valence-electron chi connectivity index (χ0n) is 19.8. The van der Waals surface area contributed by atoms with Crippen molar-refractivity contribution in [3.8, 4) is 0 Å². The third-order valence-electron chi connectivity index (χ3n) is 6.25. The average molecular weight is 542 g/mol. The Balaban J connectivity index is 0.00000784. The molecule has 176 valence electrons. The van der Waals surface area contributed by atoms with Gasteiger partial charge in [0, 0.05) is 19.4 Å². The minimum absolute atomic E-state index is 0. The fraction of sp³-hybridized carbons (Fsp3) is 1.00. The van der Waals surface area contributed by atoms with Gasteiger partial charge in [0.2, 0.25) is 0 Å². The van der Waals surface area contributed by atoms with Gasteiger partial charge in [0.25, 0.3) is 0 Å². The summed E-state index contributed by atoms with van der Waals surface area (Å²) in [5.74, 6) is 2.50. The molecule has 0 aliphatic carbocycles. The van der Waals surface area contributed by atoms with Crippen molar-refractivity contribution in [2.24, 2.45) is 0 Å². The minimum Gasteiger partial charge on any atom is -0.381 e. The summed E-state index contributed by atoms with van der Waals surface area (Å²) in [4.78, 5) is 2.60. The predicted octanol–water partition coefficient (Wildman–Crippen LogP) is 8.32. The number of nitrogens with zero attached hydrogens (tertiary/aromatic N) is 1. The highest BCUT2D eigenvalue weighted by atomic mass is 127. The molecule has 0 aromatic heterocycles. The summed E-state index contributed by atoms with van der Waals surface area (Å²) < 4.78 is 5.69. The molecular weight excluding hydrogens is 489 g/mol. The van der Waals surface area contributed by atoms with Crippen LogP contribution in [0.25, 0.3) is 0 Å². The maximum Gasteiger partial charge on any atom is 0.0673 e. The molecule has 0 bridgehead atoms. The number of unbranched alkanes of at least 4 members (excludes halogenated alkanes) is 13. The molecule has 0 N–H and O–H groups in total. The van der Waals surface area contributed by atoms with Gasteiger partial charge >= 0.3 is 0 Å². The highest BCUT2D eigenvalue weighted by Gasteiger charge is 2.14. The van der Waals surface area contributed by atoms with Crippen molar-refractivity contribution in [2.75, 3.05) is 38.2 Å². The van der Waals surface area contributed by atoms with Crippen LogP contribution in [0.3, 0.4) is 0 Å². The van der Waals surface area contributed by atoms with E-state index < -0.39 is 0 Å². The molecule has 0 aromatic rings. The number of rotatable bonds is 21. The minimum atomic E-state index is 0. The molecule has 1 aliphatic heterocycles. The standard InChI is InChI=1S/C25H51NOS.HI/c1-3-4-5-6-7-8-9-10-11-12-13-14-15-18-23-28-24-25(27-2)19-22-26-20-16-17-21-26;/h25H,3-24H2,1-2H3;1H. The number of hydrogen-bond acceptors (Lipinski definition) is 3. The fourth-order valence-electron chi connectivity index (χ4n) is 4.22. The average Bonchev–Trinajstić information content (AvgIpc) is 3.23. The van der Waals surface area contributed by atoms with Gasteiger partial charge in [-0.1, -0.05) is 90.4 Å². The molecule has 1 heterocycles. The van der Waals surface area contributed by atoms with Crippen molar-refractivity contribution in [3.63, 3.8) is 0 Å². The second kappa shape index (κ2) is 23.7. The lowest BCUT2D eigenvalue weighted by molar-refractivity contribution is 0.104. The van der Waals surface area contributed by atoms with Crippen LogP contribution < -0.4 is 0 Å². The van der Waals surface area contributed by atoms with Gasteiger partial charge in [0.05, 0.1) is 6.10 Å². The number of ether oxygens (including phenoxy) is 1. The van der Waals surface area contributed by atoms with Crippen LogP contribution in [0, 0.1) is 0 Å². The molecule has 1 fully saturated rings. The zero-order chi connectivity index (χ0) is 20.1. The summed E-state index contributed by atoms with van der Waals surface area (Å²) in [7, 11) is 1.89. The number of likely N-dealkylation sites (tertiary alicyclic amines) is 1. The molecule has 0 amide bonds. The smallest absolute Gasteiger partial charge is 0.0673 e. The highest BCUT2D eigenvalue weighted by Crippen LogP contribution is 2.16. The lowest BCUT2D eigenvalue weighted by Crippen LogP contribution is -2.26. The molecule has 1 aliphatic rings. The Kier molecular flexibility index (Phi) is 24.5. The van der Waals surface area contributed by atoms with Crippen LogP contribution in [0.1, 0.15) is 116 Å². The second-order valence-corrected chi connectivity index (χ2v) is 10.0.